The maximum Gasteiger partial charge on any atom is 0.128 e. The smallest absolute Gasteiger partial charge is 0.128 e. The van der Waals surface area contributed by atoms with Crippen molar-refractivity contribution >= 4 is 5.84 Å². The first-order valence-corrected chi connectivity index (χ1v) is 8.33. The lowest BCUT2D eigenvalue weighted by atomic mass is 9.85. The van der Waals surface area contributed by atoms with Gasteiger partial charge in [0.05, 0.1) is 6.10 Å². The lowest BCUT2D eigenvalue weighted by Crippen LogP contribution is -2.49. The second-order valence-corrected chi connectivity index (χ2v) is 7.28. The summed E-state index contributed by atoms with van der Waals surface area (Å²) in [5, 5.41) is 3.60. The van der Waals surface area contributed by atoms with Crippen LogP contribution in [-0.2, 0) is 11.2 Å². The van der Waals surface area contributed by atoms with Gasteiger partial charge in [0.1, 0.15) is 5.84 Å². The Bertz CT molecular complexity index is 559. The zero-order valence-electron chi connectivity index (χ0n) is 14.9. The zero-order chi connectivity index (χ0) is 16.3. The van der Waals surface area contributed by atoms with Crippen molar-refractivity contribution in [2.24, 2.45) is 4.99 Å². The van der Waals surface area contributed by atoms with Crippen LogP contribution in [-0.4, -0.2) is 30.6 Å². The van der Waals surface area contributed by atoms with Crippen molar-refractivity contribution in [2.45, 2.75) is 66.0 Å². The van der Waals surface area contributed by atoms with Gasteiger partial charge in [-0.25, -0.2) is 0 Å². The molecule has 1 aromatic carbocycles. The molecule has 0 atom stereocenters. The molecule has 0 aliphatic carbocycles. The van der Waals surface area contributed by atoms with Crippen LogP contribution < -0.4 is 5.32 Å². The van der Waals surface area contributed by atoms with E-state index < -0.39 is 0 Å². The van der Waals surface area contributed by atoms with Gasteiger partial charge in [0.2, 0.25) is 0 Å². The van der Waals surface area contributed by atoms with Gasteiger partial charge in [-0.3, -0.25) is 4.99 Å². The summed E-state index contributed by atoms with van der Waals surface area (Å²) >= 11 is 0. The second-order valence-electron chi connectivity index (χ2n) is 7.28. The molecule has 2 rings (SSSR count). The van der Waals surface area contributed by atoms with E-state index >= 15 is 0 Å². The quantitative estimate of drug-likeness (QED) is 0.840. The third-order valence-corrected chi connectivity index (χ3v) is 4.09. The van der Waals surface area contributed by atoms with E-state index in [1.807, 2.05) is 0 Å². The van der Waals surface area contributed by atoms with E-state index in [1.54, 1.807) is 0 Å². The van der Waals surface area contributed by atoms with Crippen LogP contribution in [0.2, 0.25) is 0 Å². The van der Waals surface area contributed by atoms with E-state index in [1.165, 1.54) is 22.3 Å². The van der Waals surface area contributed by atoms with Crippen molar-refractivity contribution in [2.75, 3.05) is 13.2 Å². The van der Waals surface area contributed by atoms with E-state index in [-0.39, 0.29) is 5.54 Å². The molecule has 22 heavy (non-hydrogen) atoms. The fraction of sp³-hybridized carbons (Fsp3) is 0.632. The van der Waals surface area contributed by atoms with Crippen molar-refractivity contribution in [3.63, 3.8) is 0 Å². The van der Waals surface area contributed by atoms with Crippen LogP contribution in [0.25, 0.3) is 0 Å². The van der Waals surface area contributed by atoms with Crippen molar-refractivity contribution < 1.29 is 4.74 Å². The van der Waals surface area contributed by atoms with Crippen molar-refractivity contribution in [3.8, 4) is 0 Å². The zero-order valence-corrected chi connectivity index (χ0v) is 14.9. The van der Waals surface area contributed by atoms with Crippen LogP contribution in [0.1, 0.15) is 56.4 Å². The maximum atomic E-state index is 5.59. The molecule has 3 nitrogen and oxygen atoms in total. The molecule has 0 unspecified atom stereocenters. The lowest BCUT2D eigenvalue weighted by molar-refractivity contribution is 0.0783. The molecule has 0 spiro atoms. The van der Waals surface area contributed by atoms with E-state index in [0.29, 0.717) is 6.10 Å². The summed E-state index contributed by atoms with van der Waals surface area (Å²) in [5.74, 6) is 1.04. The standard InChI is InChI=1S/C19H30N2O/c1-13(2)22-9-7-8-20-18-17-11-15(4)14(3)10-16(17)12-19(5,6)21-18/h10-11,13H,7-9,12H2,1-6H3,(H,20,21). The first-order chi connectivity index (χ1) is 10.3. The Kier molecular flexibility index (Phi) is 5.28. The van der Waals surface area contributed by atoms with Gasteiger partial charge in [-0.1, -0.05) is 6.07 Å². The first kappa shape index (κ1) is 17.0. The van der Waals surface area contributed by atoms with Crippen LogP contribution in [0.4, 0.5) is 0 Å². The molecule has 1 heterocycles. The Hall–Kier alpha value is -1.35. The number of rotatable bonds is 5. The Morgan fingerprint density at radius 3 is 2.59 bits per heavy atom. The number of hydrogen-bond donors (Lipinski definition) is 1. The number of amidine groups is 1. The molecule has 1 aliphatic rings. The van der Waals surface area contributed by atoms with Gasteiger partial charge in [0.15, 0.2) is 0 Å². The van der Waals surface area contributed by atoms with Gasteiger partial charge in [0.25, 0.3) is 0 Å². The minimum atomic E-state index is 0.0575. The predicted octanol–water partition coefficient (Wildman–Crippen LogP) is 3.79. The summed E-state index contributed by atoms with van der Waals surface area (Å²) in [5.41, 5.74) is 5.43. The summed E-state index contributed by atoms with van der Waals surface area (Å²) in [7, 11) is 0. The van der Waals surface area contributed by atoms with Gasteiger partial charge in [-0.15, -0.1) is 0 Å². The van der Waals surface area contributed by atoms with Crippen molar-refractivity contribution in [1.29, 1.82) is 0 Å². The van der Waals surface area contributed by atoms with Crippen LogP contribution in [0.15, 0.2) is 17.1 Å². The average molecular weight is 302 g/mol. The van der Waals surface area contributed by atoms with Gasteiger partial charge in [-0.05, 0) is 77.1 Å². The number of ether oxygens (including phenoxy) is 1. The molecule has 1 aliphatic heterocycles. The summed E-state index contributed by atoms with van der Waals surface area (Å²) in [4.78, 5) is 4.81. The molecule has 0 saturated carbocycles. The maximum absolute atomic E-state index is 5.59. The molecule has 0 aromatic heterocycles. The average Bonchev–Trinajstić information content (AvgIpc) is 2.39. The van der Waals surface area contributed by atoms with E-state index in [2.05, 4.69) is 59.0 Å². The molecular formula is C19H30N2O. The highest BCUT2D eigenvalue weighted by Gasteiger charge is 2.28. The number of hydrogen-bond acceptors (Lipinski definition) is 2. The third-order valence-electron chi connectivity index (χ3n) is 4.09. The molecule has 122 valence electrons. The monoisotopic (exact) mass is 302 g/mol. The molecule has 0 amide bonds. The van der Waals surface area contributed by atoms with Crippen molar-refractivity contribution in [3.05, 3.63) is 34.4 Å². The Labute approximate surface area is 135 Å². The van der Waals surface area contributed by atoms with E-state index in [0.717, 1.165) is 31.8 Å². The largest absolute Gasteiger partial charge is 0.379 e. The van der Waals surface area contributed by atoms with Crippen LogP contribution in [0, 0.1) is 13.8 Å². The number of nitrogens with one attached hydrogen (secondary N) is 1. The molecule has 1 N–H and O–H groups in total. The molecule has 0 bridgehead atoms. The highest BCUT2D eigenvalue weighted by atomic mass is 16.5. The van der Waals surface area contributed by atoms with Crippen LogP contribution in [0.3, 0.4) is 0 Å². The Morgan fingerprint density at radius 1 is 1.23 bits per heavy atom. The van der Waals surface area contributed by atoms with Crippen molar-refractivity contribution in [1.82, 2.24) is 5.32 Å². The number of fused-ring (bicyclic) bond motifs is 1. The topological polar surface area (TPSA) is 33.6 Å². The summed E-state index contributed by atoms with van der Waals surface area (Å²) in [6.07, 6.45) is 2.30. The summed E-state index contributed by atoms with van der Waals surface area (Å²) in [6.45, 7) is 14.5. The minimum absolute atomic E-state index is 0.0575. The molecule has 0 fully saturated rings. The Morgan fingerprint density at radius 2 is 1.91 bits per heavy atom. The SMILES string of the molecule is Cc1cc2c(cc1C)C(=NCCCOC(C)C)NC(C)(C)C2. The fourth-order valence-electron chi connectivity index (χ4n) is 2.85. The van der Waals surface area contributed by atoms with Gasteiger partial charge >= 0.3 is 0 Å². The summed E-state index contributed by atoms with van der Waals surface area (Å²) < 4.78 is 5.59. The van der Waals surface area contributed by atoms with Gasteiger partial charge in [-0.2, -0.15) is 0 Å². The molecule has 0 saturated heterocycles. The molecule has 1 aromatic rings. The number of aliphatic imine (C=N–C) groups is 1. The van der Waals surface area contributed by atoms with Gasteiger partial charge < -0.3 is 10.1 Å². The number of aryl methyl sites for hydroxylation is 2. The Balaban J connectivity index is 2.16. The number of nitrogens with zero attached hydrogens (tertiary/aromatic N) is 1. The fourth-order valence-corrected chi connectivity index (χ4v) is 2.85. The van der Waals surface area contributed by atoms with Gasteiger partial charge in [0, 0.05) is 24.3 Å². The molecule has 3 heteroatoms. The van der Waals surface area contributed by atoms with Crippen LogP contribution in [0.5, 0.6) is 0 Å². The highest BCUT2D eigenvalue weighted by molar-refractivity contribution is 6.02. The van der Waals surface area contributed by atoms with Crippen LogP contribution >= 0.6 is 0 Å². The number of benzene rings is 1. The molecule has 0 radical (unpaired) electrons. The second kappa shape index (κ2) is 6.82. The first-order valence-electron chi connectivity index (χ1n) is 8.33. The normalized spacial score (nSPS) is 18.4. The van der Waals surface area contributed by atoms with E-state index in [4.69, 9.17) is 9.73 Å². The van der Waals surface area contributed by atoms with E-state index in [9.17, 15) is 0 Å². The summed E-state index contributed by atoms with van der Waals surface area (Å²) in [6, 6.07) is 4.60. The lowest BCUT2D eigenvalue weighted by Gasteiger charge is -2.35. The minimum Gasteiger partial charge on any atom is -0.379 e. The predicted molar refractivity (Wildman–Crippen MR) is 93.9 cm³/mol. The molecular weight excluding hydrogens is 272 g/mol. The highest BCUT2D eigenvalue weighted by Crippen LogP contribution is 2.26. The third kappa shape index (κ3) is 4.33.